The van der Waals surface area contributed by atoms with E-state index in [1.54, 1.807) is 6.33 Å². The number of fused-ring (bicyclic) bond motifs is 1. The fourth-order valence-corrected chi connectivity index (χ4v) is 2.21. The van der Waals surface area contributed by atoms with Gasteiger partial charge in [-0.3, -0.25) is 0 Å². The van der Waals surface area contributed by atoms with Crippen LogP contribution in [-0.4, -0.2) is 41.0 Å². The lowest BCUT2D eigenvalue weighted by molar-refractivity contribution is 0.279. The smallest absolute Gasteiger partial charge is 0.0925 e. The lowest BCUT2D eigenvalue weighted by Crippen LogP contribution is -2.43. The average molecular weight is 208 g/mol. The molecule has 1 unspecified atom stereocenters. The van der Waals surface area contributed by atoms with Crippen molar-refractivity contribution in [2.75, 3.05) is 20.1 Å². The maximum atomic E-state index is 4.35. The monoisotopic (exact) mass is 208 g/mol. The Bertz CT molecular complexity index is 307. The van der Waals surface area contributed by atoms with Crippen molar-refractivity contribution in [1.29, 1.82) is 0 Å². The summed E-state index contributed by atoms with van der Waals surface area (Å²) in [6.07, 6.45) is 4.06. The summed E-state index contributed by atoms with van der Waals surface area (Å²) in [4.78, 5) is 9.90. The Morgan fingerprint density at radius 2 is 2.47 bits per heavy atom. The molecular formula is C11H20N4. The molecule has 0 aliphatic carbocycles. The highest BCUT2D eigenvalue weighted by Gasteiger charge is 2.20. The zero-order chi connectivity index (χ0) is 10.7. The molecule has 4 nitrogen and oxygen atoms in total. The maximum absolute atomic E-state index is 4.35. The van der Waals surface area contributed by atoms with Gasteiger partial charge in [0.2, 0.25) is 0 Å². The lowest BCUT2D eigenvalue weighted by atomic mass is 10.1. The van der Waals surface area contributed by atoms with Crippen molar-refractivity contribution >= 4 is 0 Å². The van der Waals surface area contributed by atoms with Gasteiger partial charge in [-0.05, 0) is 20.0 Å². The van der Waals surface area contributed by atoms with Gasteiger partial charge in [0, 0.05) is 25.6 Å². The van der Waals surface area contributed by atoms with Gasteiger partial charge < -0.3 is 15.2 Å². The van der Waals surface area contributed by atoms with E-state index >= 15 is 0 Å². The van der Waals surface area contributed by atoms with Crippen LogP contribution in [0.25, 0.3) is 0 Å². The summed E-state index contributed by atoms with van der Waals surface area (Å²) in [6.45, 7) is 5.43. The zero-order valence-corrected chi connectivity index (χ0v) is 9.58. The van der Waals surface area contributed by atoms with Crippen LogP contribution in [0.15, 0.2) is 6.33 Å². The van der Waals surface area contributed by atoms with Crippen molar-refractivity contribution in [3.8, 4) is 0 Å². The molecule has 1 aliphatic rings. The first-order chi connectivity index (χ1) is 7.29. The number of rotatable bonds is 4. The van der Waals surface area contributed by atoms with Crippen LogP contribution in [0.3, 0.4) is 0 Å². The van der Waals surface area contributed by atoms with E-state index in [2.05, 4.69) is 34.2 Å². The minimum Gasteiger partial charge on any atom is -0.347 e. The molecule has 0 spiro atoms. The molecule has 0 amide bonds. The predicted octanol–water partition coefficient (Wildman–Crippen LogP) is 0.766. The Morgan fingerprint density at radius 1 is 1.60 bits per heavy atom. The Labute approximate surface area is 91.1 Å². The van der Waals surface area contributed by atoms with Gasteiger partial charge in [-0.2, -0.15) is 0 Å². The van der Waals surface area contributed by atoms with E-state index < -0.39 is 0 Å². The second kappa shape index (κ2) is 4.77. The number of aromatic amines is 1. The minimum atomic E-state index is 0.553. The van der Waals surface area contributed by atoms with Gasteiger partial charge in [-0.1, -0.05) is 6.92 Å². The van der Waals surface area contributed by atoms with Crippen LogP contribution in [0.2, 0.25) is 0 Å². The van der Waals surface area contributed by atoms with Gasteiger partial charge in [0.15, 0.2) is 0 Å². The number of nitrogens with zero attached hydrogens (tertiary/aromatic N) is 2. The largest absolute Gasteiger partial charge is 0.347 e. The third kappa shape index (κ3) is 2.58. The third-order valence-corrected chi connectivity index (χ3v) is 2.95. The fourth-order valence-electron chi connectivity index (χ4n) is 2.21. The highest BCUT2D eigenvalue weighted by molar-refractivity contribution is 5.15. The second-order valence-corrected chi connectivity index (χ2v) is 4.37. The Kier molecular flexibility index (Phi) is 3.38. The molecule has 0 aromatic carbocycles. The quantitative estimate of drug-likeness (QED) is 0.768. The van der Waals surface area contributed by atoms with Crippen LogP contribution in [0.1, 0.15) is 24.7 Å². The van der Waals surface area contributed by atoms with Crippen LogP contribution in [0.5, 0.6) is 0 Å². The number of imidazole rings is 1. The van der Waals surface area contributed by atoms with Crippen molar-refractivity contribution in [2.45, 2.75) is 32.4 Å². The highest BCUT2D eigenvalue weighted by atomic mass is 15.1. The molecule has 15 heavy (non-hydrogen) atoms. The molecule has 1 atom stereocenters. The van der Waals surface area contributed by atoms with Crippen molar-refractivity contribution in [3.05, 3.63) is 17.7 Å². The van der Waals surface area contributed by atoms with E-state index in [1.165, 1.54) is 24.4 Å². The Balaban J connectivity index is 1.87. The number of nitrogens with one attached hydrogen (secondary N) is 2. The SMILES string of the molecule is CCCN(C)CC1Cc2nc[nH]c2CN1. The number of hydrogen-bond donors (Lipinski definition) is 2. The van der Waals surface area contributed by atoms with Gasteiger partial charge in [0.25, 0.3) is 0 Å². The molecule has 2 N–H and O–H groups in total. The first kappa shape index (κ1) is 10.6. The van der Waals surface area contributed by atoms with Crippen molar-refractivity contribution < 1.29 is 0 Å². The molecule has 2 rings (SSSR count). The highest BCUT2D eigenvalue weighted by Crippen LogP contribution is 2.12. The topological polar surface area (TPSA) is 44.0 Å². The fraction of sp³-hybridized carbons (Fsp3) is 0.727. The van der Waals surface area contributed by atoms with Gasteiger partial charge in [-0.15, -0.1) is 0 Å². The molecular weight excluding hydrogens is 188 g/mol. The maximum Gasteiger partial charge on any atom is 0.0925 e. The van der Waals surface area contributed by atoms with Gasteiger partial charge in [0.05, 0.1) is 17.7 Å². The summed E-state index contributed by atoms with van der Waals surface area (Å²) in [7, 11) is 2.19. The molecule has 84 valence electrons. The third-order valence-electron chi connectivity index (χ3n) is 2.95. The molecule has 2 heterocycles. The van der Waals surface area contributed by atoms with Crippen LogP contribution in [0.4, 0.5) is 0 Å². The molecule has 4 heteroatoms. The second-order valence-electron chi connectivity index (χ2n) is 4.37. The van der Waals surface area contributed by atoms with Gasteiger partial charge in [-0.25, -0.2) is 4.98 Å². The standard InChI is InChI=1S/C11H20N4/c1-3-4-15(2)7-9-5-10-11(6-12-9)14-8-13-10/h8-9,12H,3-7H2,1-2H3,(H,13,14). The minimum absolute atomic E-state index is 0.553. The number of aromatic nitrogens is 2. The average Bonchev–Trinajstić information content (AvgIpc) is 2.65. The molecule has 1 aromatic heterocycles. The van der Waals surface area contributed by atoms with Crippen LogP contribution in [-0.2, 0) is 13.0 Å². The van der Waals surface area contributed by atoms with E-state index in [9.17, 15) is 0 Å². The van der Waals surface area contributed by atoms with Gasteiger partial charge >= 0.3 is 0 Å². The summed E-state index contributed by atoms with van der Waals surface area (Å²) in [5.74, 6) is 0. The van der Waals surface area contributed by atoms with Crippen molar-refractivity contribution in [2.24, 2.45) is 0 Å². The van der Waals surface area contributed by atoms with Gasteiger partial charge in [0.1, 0.15) is 0 Å². The molecule has 0 fully saturated rings. The number of H-pyrrole nitrogens is 1. The molecule has 0 saturated heterocycles. The zero-order valence-electron chi connectivity index (χ0n) is 9.58. The summed E-state index contributed by atoms with van der Waals surface area (Å²) < 4.78 is 0. The van der Waals surface area contributed by atoms with Crippen LogP contribution < -0.4 is 5.32 Å². The van der Waals surface area contributed by atoms with Crippen LogP contribution in [0, 0.1) is 0 Å². The summed E-state index contributed by atoms with van der Waals surface area (Å²) in [6, 6.07) is 0.553. The van der Waals surface area contributed by atoms with Crippen molar-refractivity contribution in [3.63, 3.8) is 0 Å². The van der Waals surface area contributed by atoms with E-state index in [0.717, 1.165) is 19.5 Å². The van der Waals surface area contributed by atoms with Crippen molar-refractivity contribution in [1.82, 2.24) is 20.2 Å². The van der Waals surface area contributed by atoms with Crippen LogP contribution >= 0.6 is 0 Å². The molecule has 0 radical (unpaired) electrons. The van der Waals surface area contributed by atoms with E-state index in [-0.39, 0.29) is 0 Å². The molecule has 0 saturated carbocycles. The lowest BCUT2D eigenvalue weighted by Gasteiger charge is -2.27. The van der Waals surface area contributed by atoms with E-state index in [0.29, 0.717) is 6.04 Å². The number of likely N-dealkylation sites (N-methyl/N-ethyl adjacent to an activating group) is 1. The first-order valence-corrected chi connectivity index (χ1v) is 5.72. The normalized spacial score (nSPS) is 20.6. The summed E-state index contributed by atoms with van der Waals surface area (Å²) >= 11 is 0. The number of hydrogen-bond acceptors (Lipinski definition) is 3. The predicted molar refractivity (Wildman–Crippen MR) is 60.7 cm³/mol. The molecule has 1 aliphatic heterocycles. The summed E-state index contributed by atoms with van der Waals surface area (Å²) in [5.41, 5.74) is 2.49. The first-order valence-electron chi connectivity index (χ1n) is 5.72. The molecule has 1 aromatic rings. The van der Waals surface area contributed by atoms with E-state index in [4.69, 9.17) is 0 Å². The Morgan fingerprint density at radius 3 is 3.27 bits per heavy atom. The van der Waals surface area contributed by atoms with E-state index in [1.807, 2.05) is 0 Å². The molecule has 0 bridgehead atoms. The Hall–Kier alpha value is -0.870. The summed E-state index contributed by atoms with van der Waals surface area (Å²) in [5, 5.41) is 3.54.